The van der Waals surface area contributed by atoms with Crippen LogP contribution in [0.5, 0.6) is 0 Å². The van der Waals surface area contributed by atoms with Crippen LogP contribution in [-0.4, -0.2) is 15.1 Å². The zero-order valence-electron chi connectivity index (χ0n) is 16.1. The van der Waals surface area contributed by atoms with Gasteiger partial charge in [-0.05, 0) is 73.7 Å². The summed E-state index contributed by atoms with van der Waals surface area (Å²) in [6, 6.07) is 18.9. The Hall–Kier alpha value is -3.11. The van der Waals surface area contributed by atoms with E-state index in [1.807, 2.05) is 12.1 Å². The lowest BCUT2D eigenvalue weighted by atomic mass is 10.0. The van der Waals surface area contributed by atoms with Gasteiger partial charge in [0.1, 0.15) is 0 Å². The number of H-pyrrole nitrogens is 1. The molecule has 2 aromatic carbocycles. The maximum atomic E-state index is 9.20. The molecule has 0 aliphatic heterocycles. The topological polar surface area (TPSA) is 60.9 Å². The van der Waals surface area contributed by atoms with E-state index >= 15 is 0 Å². The Bertz CT molecular complexity index is 1070. The summed E-state index contributed by atoms with van der Waals surface area (Å²) in [7, 11) is 0. The predicted octanol–water partition coefficient (Wildman–Crippen LogP) is 5.28. The second-order valence-electron chi connectivity index (χ2n) is 7.23. The SMILES string of the molecule is Cc1ccc2[nH]cc(CCCc3ccc(Nc4ccnc(CO)c4)cc3)c2c1. The molecule has 0 atom stereocenters. The number of nitrogens with zero attached hydrogens (tertiary/aromatic N) is 1. The minimum atomic E-state index is -0.0511. The van der Waals surface area contributed by atoms with Crippen LogP contribution in [0.2, 0.25) is 0 Å². The molecule has 142 valence electrons. The molecule has 4 nitrogen and oxygen atoms in total. The first kappa shape index (κ1) is 18.3. The highest BCUT2D eigenvalue weighted by atomic mass is 16.3. The maximum Gasteiger partial charge on any atom is 0.0853 e. The smallest absolute Gasteiger partial charge is 0.0853 e. The van der Waals surface area contributed by atoms with Gasteiger partial charge in [-0.3, -0.25) is 4.98 Å². The van der Waals surface area contributed by atoms with Gasteiger partial charge in [0.2, 0.25) is 0 Å². The van der Waals surface area contributed by atoms with Crippen molar-refractivity contribution in [2.45, 2.75) is 32.8 Å². The van der Waals surface area contributed by atoms with Gasteiger partial charge in [-0.1, -0.05) is 23.8 Å². The van der Waals surface area contributed by atoms with Crippen molar-refractivity contribution in [3.05, 3.63) is 89.4 Å². The van der Waals surface area contributed by atoms with E-state index in [0.29, 0.717) is 5.69 Å². The average Bonchev–Trinajstić information content (AvgIpc) is 3.11. The summed E-state index contributed by atoms with van der Waals surface area (Å²) in [6.45, 7) is 2.09. The fraction of sp³-hybridized carbons (Fsp3) is 0.208. The molecule has 4 heteroatoms. The van der Waals surface area contributed by atoms with Crippen LogP contribution in [0.15, 0.2) is 67.0 Å². The fourth-order valence-electron chi connectivity index (χ4n) is 3.55. The minimum absolute atomic E-state index is 0.0511. The van der Waals surface area contributed by atoms with Crippen LogP contribution in [-0.2, 0) is 19.4 Å². The molecule has 4 rings (SSSR count). The third-order valence-electron chi connectivity index (χ3n) is 5.06. The largest absolute Gasteiger partial charge is 0.390 e. The number of benzene rings is 2. The second-order valence-corrected chi connectivity index (χ2v) is 7.23. The molecule has 0 bridgehead atoms. The quantitative estimate of drug-likeness (QED) is 0.414. The van der Waals surface area contributed by atoms with E-state index in [0.717, 1.165) is 30.6 Å². The van der Waals surface area contributed by atoms with Gasteiger partial charge in [0.05, 0.1) is 12.3 Å². The van der Waals surface area contributed by atoms with Crippen LogP contribution >= 0.6 is 0 Å². The van der Waals surface area contributed by atoms with Crippen molar-refractivity contribution in [3.63, 3.8) is 0 Å². The van der Waals surface area contributed by atoms with Gasteiger partial charge in [-0.15, -0.1) is 0 Å². The summed E-state index contributed by atoms with van der Waals surface area (Å²) in [5.74, 6) is 0. The van der Waals surface area contributed by atoms with E-state index in [1.54, 1.807) is 6.20 Å². The number of aromatic nitrogens is 2. The first-order valence-electron chi connectivity index (χ1n) is 9.69. The number of fused-ring (bicyclic) bond motifs is 1. The molecule has 2 aromatic heterocycles. The lowest BCUT2D eigenvalue weighted by molar-refractivity contribution is 0.277. The number of aromatic amines is 1. The predicted molar refractivity (Wildman–Crippen MR) is 115 cm³/mol. The minimum Gasteiger partial charge on any atom is -0.390 e. The van der Waals surface area contributed by atoms with Crippen molar-refractivity contribution in [3.8, 4) is 0 Å². The molecule has 0 amide bonds. The Labute approximate surface area is 165 Å². The zero-order chi connectivity index (χ0) is 19.3. The molecule has 4 aromatic rings. The molecule has 0 spiro atoms. The molecule has 0 radical (unpaired) electrons. The Balaban J connectivity index is 1.34. The Morgan fingerprint density at radius 1 is 0.964 bits per heavy atom. The van der Waals surface area contributed by atoms with Gasteiger partial charge >= 0.3 is 0 Å². The molecule has 28 heavy (non-hydrogen) atoms. The number of nitrogens with one attached hydrogen (secondary N) is 2. The number of hydrogen-bond donors (Lipinski definition) is 3. The van der Waals surface area contributed by atoms with Crippen LogP contribution in [0.25, 0.3) is 10.9 Å². The number of aliphatic hydroxyl groups is 1. The molecule has 0 unspecified atom stereocenters. The monoisotopic (exact) mass is 371 g/mol. The van der Waals surface area contributed by atoms with Crippen LogP contribution in [0.3, 0.4) is 0 Å². The van der Waals surface area contributed by atoms with E-state index in [2.05, 4.69) is 70.9 Å². The summed E-state index contributed by atoms with van der Waals surface area (Å²) in [4.78, 5) is 7.47. The van der Waals surface area contributed by atoms with E-state index in [9.17, 15) is 5.11 Å². The number of anilines is 2. The number of aliphatic hydroxyl groups excluding tert-OH is 1. The fourth-order valence-corrected chi connectivity index (χ4v) is 3.55. The summed E-state index contributed by atoms with van der Waals surface area (Å²) >= 11 is 0. The molecule has 0 saturated heterocycles. The normalized spacial score (nSPS) is 11.1. The average molecular weight is 371 g/mol. The van der Waals surface area contributed by atoms with E-state index in [4.69, 9.17) is 0 Å². The van der Waals surface area contributed by atoms with E-state index < -0.39 is 0 Å². The lowest BCUT2D eigenvalue weighted by Gasteiger charge is -2.08. The second kappa shape index (κ2) is 8.28. The number of aryl methyl sites for hydroxylation is 3. The molecule has 3 N–H and O–H groups in total. The van der Waals surface area contributed by atoms with E-state index in [-0.39, 0.29) is 6.61 Å². The third-order valence-corrected chi connectivity index (χ3v) is 5.06. The van der Waals surface area contributed by atoms with Crippen LogP contribution in [0, 0.1) is 6.92 Å². The van der Waals surface area contributed by atoms with Crippen molar-refractivity contribution in [2.75, 3.05) is 5.32 Å². The summed E-state index contributed by atoms with van der Waals surface area (Å²) < 4.78 is 0. The molecular formula is C24H25N3O. The Morgan fingerprint density at radius 2 is 1.82 bits per heavy atom. The molecular weight excluding hydrogens is 346 g/mol. The highest BCUT2D eigenvalue weighted by molar-refractivity contribution is 5.83. The standard InChI is InChI=1S/C24H25N3O/c1-17-5-10-24-23(13-17)19(15-26-24)4-2-3-18-6-8-20(9-7-18)27-21-11-12-25-22(14-21)16-28/h5-15,26,28H,2-4,16H2,1H3,(H,25,27). The van der Waals surface area contributed by atoms with Gasteiger partial charge in [-0.25, -0.2) is 0 Å². The van der Waals surface area contributed by atoms with Gasteiger partial charge in [0.25, 0.3) is 0 Å². The van der Waals surface area contributed by atoms with Crippen molar-refractivity contribution < 1.29 is 5.11 Å². The number of rotatable bonds is 7. The molecule has 0 fully saturated rings. The van der Waals surface area contributed by atoms with Crippen LogP contribution in [0.1, 0.15) is 28.8 Å². The van der Waals surface area contributed by atoms with Gasteiger partial charge < -0.3 is 15.4 Å². The molecule has 0 aliphatic carbocycles. The van der Waals surface area contributed by atoms with Crippen molar-refractivity contribution in [1.82, 2.24) is 9.97 Å². The zero-order valence-corrected chi connectivity index (χ0v) is 16.1. The number of hydrogen-bond acceptors (Lipinski definition) is 3. The number of pyridine rings is 1. The third kappa shape index (κ3) is 4.24. The van der Waals surface area contributed by atoms with Gasteiger partial charge in [0, 0.05) is 34.7 Å². The lowest BCUT2D eigenvalue weighted by Crippen LogP contribution is -1.95. The van der Waals surface area contributed by atoms with Crippen molar-refractivity contribution in [2.24, 2.45) is 0 Å². The van der Waals surface area contributed by atoms with Crippen LogP contribution in [0.4, 0.5) is 11.4 Å². The van der Waals surface area contributed by atoms with Gasteiger partial charge in [-0.2, -0.15) is 0 Å². The first-order chi connectivity index (χ1) is 13.7. The summed E-state index contributed by atoms with van der Waals surface area (Å²) in [5, 5.41) is 13.9. The van der Waals surface area contributed by atoms with Crippen molar-refractivity contribution >= 4 is 22.3 Å². The maximum absolute atomic E-state index is 9.20. The molecule has 0 aliphatic rings. The highest BCUT2D eigenvalue weighted by Gasteiger charge is 2.04. The molecule has 0 saturated carbocycles. The molecule has 2 heterocycles. The Kier molecular flexibility index (Phi) is 5.40. The van der Waals surface area contributed by atoms with E-state index in [1.165, 1.54) is 27.6 Å². The first-order valence-corrected chi connectivity index (χ1v) is 9.69. The summed E-state index contributed by atoms with van der Waals surface area (Å²) in [5.41, 5.74) is 7.89. The van der Waals surface area contributed by atoms with Crippen molar-refractivity contribution in [1.29, 1.82) is 0 Å². The highest BCUT2D eigenvalue weighted by Crippen LogP contribution is 2.22. The van der Waals surface area contributed by atoms with Gasteiger partial charge in [0.15, 0.2) is 0 Å². The van der Waals surface area contributed by atoms with Crippen LogP contribution < -0.4 is 5.32 Å². The Morgan fingerprint density at radius 3 is 2.64 bits per heavy atom. The summed E-state index contributed by atoms with van der Waals surface area (Å²) in [6.07, 6.45) is 7.10.